The van der Waals surface area contributed by atoms with E-state index in [0.717, 1.165) is 11.1 Å². The number of H-pyrrole nitrogens is 1. The van der Waals surface area contributed by atoms with E-state index in [9.17, 15) is 9.59 Å². The number of amides is 1. The third kappa shape index (κ3) is 4.20. The van der Waals surface area contributed by atoms with Crippen LogP contribution in [0.5, 0.6) is 11.5 Å². The largest absolute Gasteiger partial charge is 0.493 e. The van der Waals surface area contributed by atoms with Gasteiger partial charge in [0.2, 0.25) is 5.91 Å². The second kappa shape index (κ2) is 8.42. The van der Waals surface area contributed by atoms with Gasteiger partial charge in [-0.1, -0.05) is 6.07 Å². The number of carbonyl (C=O) groups excluding carboxylic acids is 1. The molecule has 154 valence electrons. The number of anilines is 1. The van der Waals surface area contributed by atoms with Gasteiger partial charge in [-0.25, -0.2) is 9.78 Å². The molecule has 2 aromatic heterocycles. The Labute approximate surface area is 175 Å². The number of oxazole rings is 1. The van der Waals surface area contributed by atoms with Gasteiger partial charge >= 0.3 is 5.76 Å². The highest BCUT2D eigenvalue weighted by molar-refractivity contribution is 7.14. The van der Waals surface area contributed by atoms with Crippen molar-refractivity contribution in [2.45, 2.75) is 12.8 Å². The van der Waals surface area contributed by atoms with E-state index in [0.29, 0.717) is 46.3 Å². The normalized spacial score (nSPS) is 10.9. The summed E-state index contributed by atoms with van der Waals surface area (Å²) < 4.78 is 15.5. The Balaban J connectivity index is 1.39. The minimum Gasteiger partial charge on any atom is -0.493 e. The lowest BCUT2D eigenvalue weighted by atomic mass is 10.1. The van der Waals surface area contributed by atoms with Gasteiger partial charge in [0.15, 0.2) is 22.2 Å². The first-order chi connectivity index (χ1) is 14.6. The molecule has 0 unspecified atom stereocenters. The van der Waals surface area contributed by atoms with Crippen LogP contribution in [0, 0.1) is 0 Å². The van der Waals surface area contributed by atoms with E-state index in [2.05, 4.69) is 15.3 Å². The van der Waals surface area contributed by atoms with E-state index in [4.69, 9.17) is 13.9 Å². The van der Waals surface area contributed by atoms with Crippen molar-refractivity contribution >= 4 is 33.5 Å². The number of aromatic amines is 1. The molecule has 9 heteroatoms. The highest BCUT2D eigenvalue weighted by Gasteiger charge is 2.11. The summed E-state index contributed by atoms with van der Waals surface area (Å²) in [5.74, 6) is 0.665. The first kappa shape index (κ1) is 19.7. The minimum atomic E-state index is -0.497. The topological polar surface area (TPSA) is 106 Å². The number of ether oxygens (including phenoxy) is 2. The number of rotatable bonds is 7. The van der Waals surface area contributed by atoms with E-state index in [1.54, 1.807) is 26.4 Å². The highest BCUT2D eigenvalue weighted by Crippen LogP contribution is 2.29. The number of fused-ring (bicyclic) bond motifs is 1. The average molecular weight is 425 g/mol. The van der Waals surface area contributed by atoms with Gasteiger partial charge in [0.1, 0.15) is 0 Å². The van der Waals surface area contributed by atoms with Crippen molar-refractivity contribution in [2.24, 2.45) is 0 Å². The number of nitrogens with one attached hydrogen (secondary N) is 2. The number of aryl methyl sites for hydroxylation is 1. The molecule has 30 heavy (non-hydrogen) atoms. The van der Waals surface area contributed by atoms with E-state index in [1.165, 1.54) is 11.3 Å². The molecule has 0 saturated carbocycles. The maximum atomic E-state index is 12.3. The van der Waals surface area contributed by atoms with Crippen LogP contribution in [-0.4, -0.2) is 30.1 Å². The van der Waals surface area contributed by atoms with Crippen molar-refractivity contribution in [1.29, 1.82) is 0 Å². The fraction of sp³-hybridized carbons (Fsp3) is 0.190. The molecule has 0 radical (unpaired) electrons. The lowest BCUT2D eigenvalue weighted by Gasteiger charge is -2.09. The molecule has 4 rings (SSSR count). The fourth-order valence-electron chi connectivity index (χ4n) is 3.05. The van der Waals surface area contributed by atoms with E-state index >= 15 is 0 Å². The van der Waals surface area contributed by atoms with Crippen molar-refractivity contribution in [3.05, 3.63) is 57.9 Å². The molecule has 1 amide bonds. The number of carbonyl (C=O) groups is 1. The van der Waals surface area contributed by atoms with Crippen molar-refractivity contribution in [3.8, 4) is 22.8 Å². The molecule has 0 saturated heterocycles. The zero-order chi connectivity index (χ0) is 21.1. The number of nitrogens with zero attached hydrogens (tertiary/aromatic N) is 1. The Kier molecular flexibility index (Phi) is 5.53. The van der Waals surface area contributed by atoms with Crippen LogP contribution in [0.15, 0.2) is 51.0 Å². The van der Waals surface area contributed by atoms with Crippen LogP contribution in [0.2, 0.25) is 0 Å². The molecule has 0 fully saturated rings. The number of benzene rings is 2. The number of methoxy groups -OCH3 is 2. The molecule has 0 aliphatic heterocycles. The lowest BCUT2D eigenvalue weighted by Crippen LogP contribution is -2.12. The predicted octanol–water partition coefficient (Wildman–Crippen LogP) is 3.83. The summed E-state index contributed by atoms with van der Waals surface area (Å²) in [6.07, 6.45) is 0.877. The van der Waals surface area contributed by atoms with Crippen LogP contribution in [-0.2, 0) is 11.2 Å². The molecule has 0 spiro atoms. The van der Waals surface area contributed by atoms with Gasteiger partial charge in [0.25, 0.3) is 0 Å². The first-order valence-electron chi connectivity index (χ1n) is 9.15. The monoisotopic (exact) mass is 425 g/mol. The molecular weight excluding hydrogens is 406 g/mol. The van der Waals surface area contributed by atoms with Crippen molar-refractivity contribution < 1.29 is 18.7 Å². The highest BCUT2D eigenvalue weighted by atomic mass is 32.1. The third-order valence-corrected chi connectivity index (χ3v) is 5.31. The smallest absolute Gasteiger partial charge is 0.417 e. The standard InChI is InChI=1S/C21H19N3O5S/c1-27-17-6-3-12(9-18(17)28-2)4-8-19(25)24-20-22-15(11-30-20)13-5-7-16-14(10-13)23-21(26)29-16/h3,5-7,9-11H,4,8H2,1-2H3,(H,23,26)(H,22,24,25). The Hall–Kier alpha value is -3.59. The van der Waals surface area contributed by atoms with E-state index < -0.39 is 5.76 Å². The van der Waals surface area contributed by atoms with Crippen LogP contribution < -0.4 is 20.5 Å². The summed E-state index contributed by atoms with van der Waals surface area (Å²) in [6.45, 7) is 0. The Morgan fingerprint density at radius 3 is 2.80 bits per heavy atom. The van der Waals surface area contributed by atoms with Gasteiger partial charge in [-0.05, 0) is 42.3 Å². The molecule has 2 heterocycles. The second-order valence-corrected chi connectivity index (χ2v) is 7.36. The maximum absolute atomic E-state index is 12.3. The SMILES string of the molecule is COc1ccc(CCC(=O)Nc2nc(-c3ccc4oc(=O)[nH]c4c3)cs2)cc1OC. The summed E-state index contributed by atoms with van der Waals surface area (Å²) in [5.41, 5.74) is 3.60. The summed E-state index contributed by atoms with van der Waals surface area (Å²) >= 11 is 1.34. The average Bonchev–Trinajstić information content (AvgIpc) is 3.36. The number of thiazole rings is 1. The van der Waals surface area contributed by atoms with E-state index in [1.807, 2.05) is 29.6 Å². The molecule has 4 aromatic rings. The fourth-order valence-corrected chi connectivity index (χ4v) is 3.79. The molecule has 8 nitrogen and oxygen atoms in total. The number of hydrogen-bond donors (Lipinski definition) is 2. The molecule has 0 bridgehead atoms. The Morgan fingerprint density at radius 1 is 1.17 bits per heavy atom. The molecule has 2 aromatic carbocycles. The quantitative estimate of drug-likeness (QED) is 0.466. The van der Waals surface area contributed by atoms with Crippen LogP contribution in [0.3, 0.4) is 0 Å². The van der Waals surface area contributed by atoms with Crippen LogP contribution in [0.4, 0.5) is 5.13 Å². The van der Waals surface area contributed by atoms with Gasteiger partial charge in [-0.3, -0.25) is 9.78 Å². The Bertz CT molecular complexity index is 1260. The van der Waals surface area contributed by atoms with E-state index in [-0.39, 0.29) is 5.91 Å². The molecular formula is C21H19N3O5S. The summed E-state index contributed by atoms with van der Waals surface area (Å²) in [7, 11) is 3.16. The number of hydrogen-bond acceptors (Lipinski definition) is 7. The van der Waals surface area contributed by atoms with Crippen LogP contribution in [0.1, 0.15) is 12.0 Å². The predicted molar refractivity (Wildman–Crippen MR) is 114 cm³/mol. The molecule has 0 atom stereocenters. The van der Waals surface area contributed by atoms with Crippen LogP contribution >= 0.6 is 11.3 Å². The summed E-state index contributed by atoms with van der Waals surface area (Å²) in [6, 6.07) is 10.9. The maximum Gasteiger partial charge on any atom is 0.417 e. The number of aromatic nitrogens is 2. The van der Waals surface area contributed by atoms with Crippen LogP contribution in [0.25, 0.3) is 22.4 Å². The van der Waals surface area contributed by atoms with Crippen molar-refractivity contribution in [3.63, 3.8) is 0 Å². The van der Waals surface area contributed by atoms with Gasteiger partial charge in [0, 0.05) is 17.4 Å². The van der Waals surface area contributed by atoms with Gasteiger partial charge in [0.05, 0.1) is 25.4 Å². The summed E-state index contributed by atoms with van der Waals surface area (Å²) in [5, 5.41) is 5.20. The van der Waals surface area contributed by atoms with Gasteiger partial charge < -0.3 is 19.2 Å². The third-order valence-electron chi connectivity index (χ3n) is 4.55. The zero-order valence-electron chi connectivity index (χ0n) is 16.4. The minimum absolute atomic E-state index is 0.125. The molecule has 2 N–H and O–H groups in total. The van der Waals surface area contributed by atoms with Gasteiger partial charge in [-0.2, -0.15) is 0 Å². The second-order valence-electron chi connectivity index (χ2n) is 6.50. The summed E-state index contributed by atoms with van der Waals surface area (Å²) in [4.78, 5) is 30.7. The first-order valence-corrected chi connectivity index (χ1v) is 10.0. The molecule has 0 aliphatic carbocycles. The van der Waals surface area contributed by atoms with Crippen molar-refractivity contribution in [1.82, 2.24) is 9.97 Å². The zero-order valence-corrected chi connectivity index (χ0v) is 17.2. The van der Waals surface area contributed by atoms with Gasteiger partial charge in [-0.15, -0.1) is 11.3 Å². The molecule has 0 aliphatic rings. The Morgan fingerprint density at radius 2 is 2.00 bits per heavy atom. The van der Waals surface area contributed by atoms with Crippen molar-refractivity contribution in [2.75, 3.05) is 19.5 Å². The lowest BCUT2D eigenvalue weighted by molar-refractivity contribution is -0.116.